The second-order valence-electron chi connectivity index (χ2n) is 7.25. The van der Waals surface area contributed by atoms with E-state index < -0.39 is 28.9 Å². The maximum Gasteiger partial charge on any atom is 0.416 e. The highest BCUT2D eigenvalue weighted by molar-refractivity contribution is 8.00. The highest BCUT2D eigenvalue weighted by Gasteiger charge is 2.37. The molecular weight excluding hydrogens is 463 g/mol. The molecule has 2 N–H and O–H groups in total. The molecule has 0 bridgehead atoms. The third-order valence-corrected chi connectivity index (χ3v) is 6.77. The Kier molecular flexibility index (Phi) is 6.05. The van der Waals surface area contributed by atoms with E-state index in [9.17, 15) is 18.0 Å². The number of ether oxygens (including phenoxy) is 1. The fraction of sp³-hybridized carbons (Fsp3) is 0.227. The summed E-state index contributed by atoms with van der Waals surface area (Å²) in [5.41, 5.74) is 4.17. The van der Waals surface area contributed by atoms with Gasteiger partial charge in [-0.3, -0.25) is 9.47 Å². The van der Waals surface area contributed by atoms with Crippen LogP contribution in [0.1, 0.15) is 22.9 Å². The number of anilines is 1. The van der Waals surface area contributed by atoms with Crippen LogP contribution in [-0.4, -0.2) is 22.9 Å². The molecule has 10 heteroatoms. The molecule has 5 nitrogen and oxygen atoms in total. The number of thioether (sulfide) groups is 1. The molecule has 32 heavy (non-hydrogen) atoms. The quantitative estimate of drug-likeness (QED) is 0.489. The zero-order valence-electron chi connectivity index (χ0n) is 17.0. The Morgan fingerprint density at radius 1 is 1.16 bits per heavy atom. The van der Waals surface area contributed by atoms with Crippen molar-refractivity contribution < 1.29 is 22.7 Å². The Balaban J connectivity index is 1.67. The van der Waals surface area contributed by atoms with E-state index in [-0.39, 0.29) is 10.7 Å². The summed E-state index contributed by atoms with van der Waals surface area (Å²) in [5.74, 6) is 0.210. The van der Waals surface area contributed by atoms with Gasteiger partial charge in [0.15, 0.2) is 0 Å². The number of benzene rings is 2. The van der Waals surface area contributed by atoms with Gasteiger partial charge < -0.3 is 15.5 Å². The SMILES string of the molecule is COc1ccc([C@@H]2Nn3c(C)ccc3S[C@@H]2C(=O)Nc2cc(C(F)(F)F)ccc2Cl)cc1. The van der Waals surface area contributed by atoms with Gasteiger partial charge in [-0.25, -0.2) is 0 Å². The van der Waals surface area contributed by atoms with E-state index in [1.54, 1.807) is 19.2 Å². The summed E-state index contributed by atoms with van der Waals surface area (Å²) in [5, 5.41) is 2.77. The van der Waals surface area contributed by atoms with E-state index in [0.29, 0.717) is 5.75 Å². The van der Waals surface area contributed by atoms with Gasteiger partial charge in [0.1, 0.15) is 11.0 Å². The standard InChI is InChI=1S/C22H19ClF3N3O2S/c1-12-3-10-18-29(12)28-19(13-4-7-15(31-2)8-5-13)20(32-18)21(30)27-17-11-14(22(24,25)26)6-9-16(17)23/h3-11,19-20,28H,1-2H3,(H,27,30)/t19-,20-/m0/s1. The molecular formula is C22H19ClF3N3O2S. The number of hydrogen-bond donors (Lipinski definition) is 2. The maximum absolute atomic E-state index is 13.3. The third kappa shape index (κ3) is 4.40. The number of hydrogen-bond acceptors (Lipinski definition) is 4. The molecule has 2 aromatic carbocycles. The predicted molar refractivity (Wildman–Crippen MR) is 119 cm³/mol. The minimum absolute atomic E-state index is 0.0281. The smallest absolute Gasteiger partial charge is 0.416 e. The van der Waals surface area contributed by atoms with Crippen LogP contribution in [0.3, 0.4) is 0 Å². The summed E-state index contributed by atoms with van der Waals surface area (Å²) < 4.78 is 46.5. The molecule has 2 atom stereocenters. The lowest BCUT2D eigenvalue weighted by Crippen LogP contribution is -2.41. The summed E-state index contributed by atoms with van der Waals surface area (Å²) in [6.45, 7) is 1.94. The lowest BCUT2D eigenvalue weighted by Gasteiger charge is -2.34. The fourth-order valence-corrected chi connectivity index (χ4v) is 4.84. The maximum atomic E-state index is 13.3. The molecule has 1 aliphatic rings. The summed E-state index contributed by atoms with van der Waals surface area (Å²) >= 11 is 7.40. The van der Waals surface area contributed by atoms with E-state index in [1.165, 1.54) is 11.8 Å². The van der Waals surface area contributed by atoms with Crippen molar-refractivity contribution in [3.8, 4) is 5.75 Å². The molecule has 0 radical (unpaired) electrons. The van der Waals surface area contributed by atoms with Gasteiger partial charge in [-0.2, -0.15) is 13.2 Å². The number of carbonyl (C=O) groups excluding carboxylic acids is 1. The van der Waals surface area contributed by atoms with E-state index in [0.717, 1.165) is 34.5 Å². The van der Waals surface area contributed by atoms with Crippen molar-refractivity contribution in [2.24, 2.45) is 0 Å². The van der Waals surface area contributed by atoms with Gasteiger partial charge in [0.2, 0.25) is 5.91 Å². The molecule has 4 rings (SSSR count). The number of nitrogens with one attached hydrogen (secondary N) is 2. The molecule has 1 aromatic heterocycles. The molecule has 168 valence electrons. The number of nitrogens with zero attached hydrogens (tertiary/aromatic N) is 1. The first-order valence-electron chi connectivity index (χ1n) is 9.60. The highest BCUT2D eigenvalue weighted by Crippen LogP contribution is 2.40. The number of amides is 1. The van der Waals surface area contributed by atoms with Gasteiger partial charge in [0.25, 0.3) is 0 Å². The second-order valence-corrected chi connectivity index (χ2v) is 8.82. The minimum Gasteiger partial charge on any atom is -0.497 e. The first kappa shape index (κ1) is 22.4. The monoisotopic (exact) mass is 481 g/mol. The van der Waals surface area contributed by atoms with Crippen LogP contribution in [-0.2, 0) is 11.0 Å². The van der Waals surface area contributed by atoms with E-state index >= 15 is 0 Å². The molecule has 0 fully saturated rings. The number of rotatable bonds is 4. The summed E-state index contributed by atoms with van der Waals surface area (Å²) in [6.07, 6.45) is -4.55. The molecule has 2 heterocycles. The molecule has 0 saturated heterocycles. The van der Waals surface area contributed by atoms with Crippen LogP contribution in [0.15, 0.2) is 59.6 Å². The van der Waals surface area contributed by atoms with Crippen molar-refractivity contribution in [2.45, 2.75) is 29.4 Å². The third-order valence-electron chi connectivity index (χ3n) is 5.14. The van der Waals surface area contributed by atoms with Crippen LogP contribution in [0.5, 0.6) is 5.75 Å². The minimum atomic E-state index is -4.55. The van der Waals surface area contributed by atoms with Crippen molar-refractivity contribution in [3.05, 3.63) is 76.4 Å². The highest BCUT2D eigenvalue weighted by atomic mass is 35.5. The van der Waals surface area contributed by atoms with E-state index in [2.05, 4.69) is 10.7 Å². The molecule has 0 saturated carbocycles. The first-order valence-corrected chi connectivity index (χ1v) is 10.9. The summed E-state index contributed by atoms with van der Waals surface area (Å²) in [6, 6.07) is 13.5. The van der Waals surface area contributed by atoms with Crippen LogP contribution < -0.4 is 15.5 Å². The number of fused-ring (bicyclic) bond motifs is 1. The van der Waals surface area contributed by atoms with Crippen LogP contribution in [0.2, 0.25) is 5.02 Å². The molecule has 0 aliphatic carbocycles. The van der Waals surface area contributed by atoms with Crippen LogP contribution >= 0.6 is 23.4 Å². The van der Waals surface area contributed by atoms with Gasteiger partial charge in [0.05, 0.1) is 34.5 Å². The van der Waals surface area contributed by atoms with Gasteiger partial charge in [-0.05, 0) is 55.0 Å². The Bertz CT molecular complexity index is 1150. The first-order chi connectivity index (χ1) is 15.2. The lowest BCUT2D eigenvalue weighted by atomic mass is 10.0. The molecule has 0 unspecified atom stereocenters. The predicted octanol–water partition coefficient (Wildman–Crippen LogP) is 5.88. The van der Waals surface area contributed by atoms with Gasteiger partial charge in [-0.1, -0.05) is 35.5 Å². The summed E-state index contributed by atoms with van der Waals surface area (Å²) in [7, 11) is 1.56. The number of aryl methyl sites for hydroxylation is 1. The van der Waals surface area contributed by atoms with Crippen LogP contribution in [0.25, 0.3) is 0 Å². The van der Waals surface area contributed by atoms with Crippen molar-refractivity contribution in [2.75, 3.05) is 17.9 Å². The van der Waals surface area contributed by atoms with Gasteiger partial charge >= 0.3 is 6.18 Å². The van der Waals surface area contributed by atoms with Crippen molar-refractivity contribution in [3.63, 3.8) is 0 Å². The zero-order valence-corrected chi connectivity index (χ0v) is 18.6. The number of methoxy groups -OCH3 is 1. The Labute approximate surface area is 191 Å². The van der Waals surface area contributed by atoms with Crippen molar-refractivity contribution in [1.82, 2.24) is 4.68 Å². The fourth-order valence-electron chi connectivity index (χ4n) is 3.44. The normalized spacial score (nSPS) is 17.9. The summed E-state index contributed by atoms with van der Waals surface area (Å²) in [4.78, 5) is 13.3. The second kappa shape index (κ2) is 8.63. The Morgan fingerprint density at radius 3 is 2.53 bits per heavy atom. The van der Waals surface area contributed by atoms with Crippen LogP contribution in [0, 0.1) is 6.92 Å². The van der Waals surface area contributed by atoms with Gasteiger partial charge in [0, 0.05) is 5.69 Å². The molecule has 0 spiro atoms. The van der Waals surface area contributed by atoms with E-state index in [1.807, 2.05) is 35.9 Å². The number of carbonyl (C=O) groups is 1. The number of aromatic nitrogens is 1. The molecule has 1 aliphatic heterocycles. The average molecular weight is 482 g/mol. The molecule has 1 amide bonds. The van der Waals surface area contributed by atoms with Gasteiger partial charge in [-0.15, -0.1) is 0 Å². The Morgan fingerprint density at radius 2 is 1.88 bits per heavy atom. The number of halogens is 4. The zero-order chi connectivity index (χ0) is 23.0. The number of alkyl halides is 3. The van der Waals surface area contributed by atoms with Crippen molar-refractivity contribution >= 4 is 35.0 Å². The topological polar surface area (TPSA) is 55.3 Å². The van der Waals surface area contributed by atoms with Crippen LogP contribution in [0.4, 0.5) is 18.9 Å². The van der Waals surface area contributed by atoms with Crippen molar-refractivity contribution in [1.29, 1.82) is 0 Å². The largest absolute Gasteiger partial charge is 0.497 e. The van der Waals surface area contributed by atoms with E-state index in [4.69, 9.17) is 16.3 Å². The molecule has 3 aromatic rings. The average Bonchev–Trinajstić information content (AvgIpc) is 3.13. The lowest BCUT2D eigenvalue weighted by molar-refractivity contribution is -0.137. The Hall–Kier alpha value is -2.78.